The van der Waals surface area contributed by atoms with Gasteiger partial charge in [0.1, 0.15) is 5.69 Å². The summed E-state index contributed by atoms with van der Waals surface area (Å²) in [5, 5.41) is 6.15. The zero-order valence-electron chi connectivity index (χ0n) is 18.6. The Morgan fingerprint density at radius 3 is 2.83 bits per heavy atom. The van der Waals surface area contributed by atoms with Gasteiger partial charge in [-0.2, -0.15) is 13.2 Å². The third kappa shape index (κ3) is 5.31. The first-order chi connectivity index (χ1) is 16.9. The molecule has 0 radical (unpaired) electrons. The SMILES string of the molecule is N[C@H](CNc1nc(-c2ccco2)c(-c2ccc3cnccc3c2)s1)CC1C=CC(C(F)(F)F)=CC1. The maximum atomic E-state index is 12.8. The molecule has 0 bridgehead atoms. The fraction of sp³-hybridized carbons (Fsp3) is 0.231. The Labute approximate surface area is 204 Å². The number of nitrogens with one attached hydrogen (secondary N) is 1. The Hall–Kier alpha value is -3.43. The molecule has 0 aliphatic heterocycles. The van der Waals surface area contributed by atoms with Crippen molar-refractivity contribution in [1.82, 2.24) is 9.97 Å². The highest BCUT2D eigenvalue weighted by atomic mass is 32.1. The van der Waals surface area contributed by atoms with E-state index in [1.54, 1.807) is 18.5 Å². The lowest BCUT2D eigenvalue weighted by atomic mass is 9.91. The van der Waals surface area contributed by atoms with Gasteiger partial charge in [0.15, 0.2) is 10.9 Å². The van der Waals surface area contributed by atoms with Crippen LogP contribution in [0, 0.1) is 5.92 Å². The second-order valence-electron chi connectivity index (χ2n) is 8.50. The van der Waals surface area contributed by atoms with Crippen molar-refractivity contribution < 1.29 is 17.6 Å². The van der Waals surface area contributed by atoms with E-state index in [0.29, 0.717) is 30.3 Å². The average Bonchev–Trinajstić information content (AvgIpc) is 3.52. The van der Waals surface area contributed by atoms with Crippen molar-refractivity contribution >= 4 is 27.2 Å². The van der Waals surface area contributed by atoms with E-state index in [1.165, 1.54) is 17.4 Å². The summed E-state index contributed by atoms with van der Waals surface area (Å²) in [5.41, 5.74) is 7.47. The molecule has 3 aromatic heterocycles. The fourth-order valence-corrected chi connectivity index (χ4v) is 5.11. The van der Waals surface area contributed by atoms with E-state index in [2.05, 4.69) is 16.4 Å². The summed E-state index contributed by atoms with van der Waals surface area (Å²) < 4.78 is 44.0. The Kier molecular flexibility index (Phi) is 6.44. The molecule has 180 valence electrons. The summed E-state index contributed by atoms with van der Waals surface area (Å²) in [5.74, 6) is 0.651. The lowest BCUT2D eigenvalue weighted by Crippen LogP contribution is -2.31. The number of pyridine rings is 1. The number of rotatable bonds is 7. The largest absolute Gasteiger partial charge is 0.463 e. The number of nitrogens with zero attached hydrogens (tertiary/aromatic N) is 2. The van der Waals surface area contributed by atoms with Gasteiger partial charge in [0, 0.05) is 30.4 Å². The van der Waals surface area contributed by atoms with Crippen LogP contribution in [0.15, 0.2) is 83.3 Å². The minimum atomic E-state index is -4.30. The Morgan fingerprint density at radius 2 is 2.09 bits per heavy atom. The number of allylic oxidation sites excluding steroid dienone is 4. The molecule has 3 heterocycles. The van der Waals surface area contributed by atoms with Gasteiger partial charge >= 0.3 is 6.18 Å². The second-order valence-corrected chi connectivity index (χ2v) is 9.50. The number of halogens is 3. The van der Waals surface area contributed by atoms with Crippen LogP contribution < -0.4 is 11.1 Å². The van der Waals surface area contributed by atoms with Crippen molar-refractivity contribution in [1.29, 1.82) is 0 Å². The van der Waals surface area contributed by atoms with Crippen LogP contribution in [-0.4, -0.2) is 28.7 Å². The van der Waals surface area contributed by atoms with Gasteiger partial charge in [0.25, 0.3) is 0 Å². The number of fused-ring (bicyclic) bond motifs is 1. The van der Waals surface area contributed by atoms with Crippen LogP contribution in [0.5, 0.6) is 0 Å². The van der Waals surface area contributed by atoms with Gasteiger partial charge in [-0.15, -0.1) is 0 Å². The highest BCUT2D eigenvalue weighted by molar-refractivity contribution is 7.19. The Bertz CT molecular complexity index is 1380. The molecule has 35 heavy (non-hydrogen) atoms. The molecule has 3 N–H and O–H groups in total. The average molecular weight is 497 g/mol. The van der Waals surface area contributed by atoms with Gasteiger partial charge in [-0.1, -0.05) is 41.7 Å². The lowest BCUT2D eigenvalue weighted by molar-refractivity contribution is -0.0887. The van der Waals surface area contributed by atoms with Crippen molar-refractivity contribution in [3.63, 3.8) is 0 Å². The van der Waals surface area contributed by atoms with E-state index >= 15 is 0 Å². The molecule has 1 unspecified atom stereocenters. The molecule has 1 aromatic carbocycles. The number of nitrogens with two attached hydrogens (primary N) is 1. The molecule has 2 atom stereocenters. The Balaban J connectivity index is 1.30. The van der Waals surface area contributed by atoms with Crippen LogP contribution in [0.3, 0.4) is 0 Å². The summed E-state index contributed by atoms with van der Waals surface area (Å²) in [6.45, 7) is 0.453. The van der Waals surface area contributed by atoms with Crippen LogP contribution in [0.25, 0.3) is 32.7 Å². The quantitative estimate of drug-likeness (QED) is 0.294. The van der Waals surface area contributed by atoms with E-state index in [9.17, 15) is 13.2 Å². The third-order valence-corrected chi connectivity index (χ3v) is 6.98. The molecule has 0 spiro atoms. The molecule has 0 saturated heterocycles. The fourth-order valence-electron chi connectivity index (χ4n) is 4.14. The number of anilines is 1. The first kappa shape index (κ1) is 23.3. The summed E-state index contributed by atoms with van der Waals surface area (Å²) in [7, 11) is 0. The lowest BCUT2D eigenvalue weighted by Gasteiger charge is -2.21. The van der Waals surface area contributed by atoms with Crippen molar-refractivity contribution in [2.75, 3.05) is 11.9 Å². The number of hydrogen-bond acceptors (Lipinski definition) is 6. The minimum Gasteiger partial charge on any atom is -0.463 e. The molecular formula is C26H23F3N4OS. The number of alkyl halides is 3. The highest BCUT2D eigenvalue weighted by Gasteiger charge is 2.33. The first-order valence-corrected chi connectivity index (χ1v) is 12.0. The van der Waals surface area contributed by atoms with Crippen LogP contribution in [0.1, 0.15) is 12.8 Å². The van der Waals surface area contributed by atoms with Gasteiger partial charge in [-0.05, 0) is 54.0 Å². The van der Waals surface area contributed by atoms with Crippen LogP contribution in [-0.2, 0) is 0 Å². The molecule has 1 aliphatic rings. The maximum Gasteiger partial charge on any atom is 0.416 e. The molecule has 0 amide bonds. The third-order valence-electron chi connectivity index (χ3n) is 5.92. The number of benzene rings is 1. The van der Waals surface area contributed by atoms with Gasteiger partial charge in [-0.3, -0.25) is 4.98 Å². The van der Waals surface area contributed by atoms with Crippen molar-refractivity contribution in [3.05, 3.63) is 78.9 Å². The zero-order valence-corrected chi connectivity index (χ0v) is 19.4. The van der Waals surface area contributed by atoms with Crippen LogP contribution in [0.2, 0.25) is 0 Å². The number of hydrogen-bond donors (Lipinski definition) is 2. The van der Waals surface area contributed by atoms with Gasteiger partial charge in [-0.25, -0.2) is 4.98 Å². The number of furan rings is 1. The molecule has 1 aliphatic carbocycles. The van der Waals surface area contributed by atoms with E-state index in [1.807, 2.05) is 36.5 Å². The molecule has 5 rings (SSSR count). The van der Waals surface area contributed by atoms with Gasteiger partial charge < -0.3 is 15.5 Å². The standard InChI is InChI=1S/C26H23F3N4OS/c27-26(28,29)20-7-3-16(4-8-20)12-21(30)15-32-25-33-23(22-2-1-11-34-22)24(35-25)18-5-6-19-14-31-10-9-17(19)13-18/h1-3,5-11,13-14,16,21H,4,12,15,30H2,(H,32,33)/t16?,21-/m0/s1. The number of aromatic nitrogens is 2. The topological polar surface area (TPSA) is 77.0 Å². The molecule has 0 saturated carbocycles. The van der Waals surface area contributed by atoms with Crippen molar-refractivity contribution in [2.24, 2.45) is 11.7 Å². The van der Waals surface area contributed by atoms with E-state index in [0.717, 1.165) is 33.0 Å². The van der Waals surface area contributed by atoms with E-state index < -0.39 is 11.7 Å². The monoisotopic (exact) mass is 496 g/mol. The summed E-state index contributed by atoms with van der Waals surface area (Å²) >= 11 is 1.51. The molecule has 0 fully saturated rings. The van der Waals surface area contributed by atoms with Crippen LogP contribution in [0.4, 0.5) is 18.3 Å². The van der Waals surface area contributed by atoms with Crippen molar-refractivity contribution in [3.8, 4) is 21.9 Å². The minimum absolute atomic E-state index is 0.0180. The summed E-state index contributed by atoms with van der Waals surface area (Å²) in [6.07, 6.45) is 5.81. The Morgan fingerprint density at radius 1 is 1.20 bits per heavy atom. The molecular weight excluding hydrogens is 473 g/mol. The smallest absolute Gasteiger partial charge is 0.416 e. The molecule has 9 heteroatoms. The predicted molar refractivity (Wildman–Crippen MR) is 133 cm³/mol. The normalized spacial score (nSPS) is 16.9. The predicted octanol–water partition coefficient (Wildman–Crippen LogP) is 6.81. The van der Waals surface area contributed by atoms with Crippen LogP contribution >= 0.6 is 11.3 Å². The zero-order chi connectivity index (χ0) is 24.4. The summed E-state index contributed by atoms with van der Waals surface area (Å²) in [4.78, 5) is 9.90. The first-order valence-electron chi connectivity index (χ1n) is 11.2. The van der Waals surface area contributed by atoms with Crippen molar-refractivity contribution in [2.45, 2.75) is 25.1 Å². The van der Waals surface area contributed by atoms with E-state index in [4.69, 9.17) is 15.1 Å². The second kappa shape index (κ2) is 9.67. The maximum absolute atomic E-state index is 12.8. The van der Waals surface area contributed by atoms with E-state index in [-0.39, 0.29) is 12.0 Å². The highest BCUT2D eigenvalue weighted by Crippen LogP contribution is 2.40. The van der Waals surface area contributed by atoms with Gasteiger partial charge in [0.05, 0.1) is 16.7 Å². The molecule has 5 nitrogen and oxygen atoms in total. The summed E-state index contributed by atoms with van der Waals surface area (Å²) in [6, 6.07) is 11.6. The molecule has 4 aromatic rings. The van der Waals surface area contributed by atoms with Gasteiger partial charge in [0.2, 0.25) is 0 Å². The number of thiazole rings is 1.